The average Bonchev–Trinajstić information content (AvgIpc) is 3.57. The monoisotopic (exact) mass is 602 g/mol. The van der Waals surface area contributed by atoms with Gasteiger partial charge in [-0.15, -0.1) is 0 Å². The summed E-state index contributed by atoms with van der Waals surface area (Å²) in [5, 5.41) is 4.49. The van der Waals surface area contributed by atoms with Gasteiger partial charge in [0.05, 0.1) is 19.3 Å². The number of unbranched alkanes of at least 4 members (excludes halogenated alkanes) is 2. The van der Waals surface area contributed by atoms with E-state index in [0.29, 0.717) is 36.4 Å². The van der Waals surface area contributed by atoms with Crippen LogP contribution in [0.15, 0.2) is 48.8 Å². The fraction of sp³-hybridized carbons (Fsp3) is 0.407. The molecule has 3 heterocycles. The number of nitrogen functional groups attached to an aromatic ring is 1. The van der Waals surface area contributed by atoms with Crippen molar-refractivity contribution in [1.29, 1.82) is 0 Å². The number of aromatic nitrogens is 4. The van der Waals surface area contributed by atoms with Crippen molar-refractivity contribution < 1.29 is 27.9 Å². The number of nitrogens with zero attached hydrogens (tertiary/aromatic N) is 4. The van der Waals surface area contributed by atoms with E-state index in [0.717, 1.165) is 30.0 Å². The maximum Gasteiger partial charge on any atom is 0.459 e. The minimum absolute atomic E-state index is 0.0710. The third kappa shape index (κ3) is 6.97. The van der Waals surface area contributed by atoms with Gasteiger partial charge >= 0.3 is 13.7 Å². The number of benzene rings is 2. The van der Waals surface area contributed by atoms with E-state index >= 15 is 0 Å². The van der Waals surface area contributed by atoms with Crippen LogP contribution in [0, 0.1) is 0 Å². The summed E-state index contributed by atoms with van der Waals surface area (Å²) in [6, 6.07) is 13.0. The molecular formula is C27H32ClN6O6P. The summed E-state index contributed by atoms with van der Waals surface area (Å²) in [5.74, 6) is 0.0240. The van der Waals surface area contributed by atoms with E-state index in [-0.39, 0.29) is 24.3 Å². The topological polar surface area (TPSA) is 153 Å². The van der Waals surface area contributed by atoms with Gasteiger partial charge in [-0.2, -0.15) is 0 Å². The Bertz CT molecular complexity index is 1560. The highest BCUT2D eigenvalue weighted by molar-refractivity contribution is 7.52. The molecule has 41 heavy (non-hydrogen) atoms. The number of esters is 1. The zero-order valence-electron chi connectivity index (χ0n) is 22.6. The molecule has 0 saturated carbocycles. The van der Waals surface area contributed by atoms with Gasteiger partial charge in [0.2, 0.25) is 5.28 Å². The molecule has 0 spiro atoms. The van der Waals surface area contributed by atoms with Gasteiger partial charge in [0.15, 0.2) is 17.0 Å². The SMILES string of the molecule is CCCCCOC(=O)CNP(=O)(OC[C@@H]1CC[C@H](n2c(Cl)nc3c(N)ncnc32)O1)Oc1cccc2ccccc12. The Hall–Kier alpha value is -3.28. The number of anilines is 1. The molecule has 1 aliphatic heterocycles. The Morgan fingerprint density at radius 1 is 1.20 bits per heavy atom. The zero-order chi connectivity index (χ0) is 28.8. The Labute approximate surface area is 242 Å². The van der Waals surface area contributed by atoms with Gasteiger partial charge in [-0.05, 0) is 42.3 Å². The first-order valence-corrected chi connectivity index (χ1v) is 15.4. The molecule has 1 unspecified atom stereocenters. The summed E-state index contributed by atoms with van der Waals surface area (Å²) < 4.78 is 38.8. The molecule has 2 aromatic carbocycles. The van der Waals surface area contributed by atoms with E-state index in [1.54, 1.807) is 16.7 Å². The van der Waals surface area contributed by atoms with Crippen molar-refractivity contribution in [1.82, 2.24) is 24.6 Å². The fourth-order valence-corrected chi connectivity index (χ4v) is 6.18. The lowest BCUT2D eigenvalue weighted by molar-refractivity contribution is -0.142. The first-order chi connectivity index (χ1) is 19.9. The highest BCUT2D eigenvalue weighted by atomic mass is 35.5. The summed E-state index contributed by atoms with van der Waals surface area (Å²) >= 11 is 6.38. The molecule has 12 nitrogen and oxygen atoms in total. The third-order valence-corrected chi connectivity index (χ3v) is 8.40. The normalized spacial score (nSPS) is 18.5. The molecule has 2 aromatic heterocycles. The number of imidazole rings is 1. The average molecular weight is 603 g/mol. The van der Waals surface area contributed by atoms with Gasteiger partial charge in [-0.3, -0.25) is 13.9 Å². The van der Waals surface area contributed by atoms with Crippen molar-refractivity contribution in [2.75, 3.05) is 25.5 Å². The summed E-state index contributed by atoms with van der Waals surface area (Å²) in [5.41, 5.74) is 6.76. The van der Waals surface area contributed by atoms with Crippen molar-refractivity contribution in [3.05, 3.63) is 54.1 Å². The molecule has 218 valence electrons. The van der Waals surface area contributed by atoms with E-state index in [9.17, 15) is 9.36 Å². The number of nitrogens with two attached hydrogens (primary N) is 1. The van der Waals surface area contributed by atoms with Gasteiger partial charge in [0.1, 0.15) is 24.8 Å². The van der Waals surface area contributed by atoms with Crippen LogP contribution < -0.4 is 15.3 Å². The van der Waals surface area contributed by atoms with Crippen LogP contribution in [0.4, 0.5) is 5.82 Å². The van der Waals surface area contributed by atoms with Crippen LogP contribution in [0.25, 0.3) is 21.9 Å². The number of rotatable bonds is 13. The van der Waals surface area contributed by atoms with Crippen molar-refractivity contribution in [2.24, 2.45) is 0 Å². The third-order valence-electron chi connectivity index (χ3n) is 6.66. The van der Waals surface area contributed by atoms with E-state index in [1.165, 1.54) is 6.33 Å². The number of carbonyl (C=O) groups excluding carboxylic acids is 1. The van der Waals surface area contributed by atoms with Gasteiger partial charge in [0.25, 0.3) is 0 Å². The largest absolute Gasteiger partial charge is 0.465 e. The smallest absolute Gasteiger partial charge is 0.459 e. The zero-order valence-corrected chi connectivity index (χ0v) is 24.2. The minimum atomic E-state index is -4.04. The molecule has 14 heteroatoms. The Morgan fingerprint density at radius 3 is 2.88 bits per heavy atom. The molecule has 1 aliphatic rings. The molecule has 1 saturated heterocycles. The molecule has 0 aliphatic carbocycles. The number of hydrogen-bond acceptors (Lipinski definition) is 10. The summed E-state index contributed by atoms with van der Waals surface area (Å²) in [4.78, 5) is 24.8. The van der Waals surface area contributed by atoms with Crippen LogP contribution in [0.1, 0.15) is 45.3 Å². The van der Waals surface area contributed by atoms with E-state index < -0.39 is 26.0 Å². The number of carbonyl (C=O) groups is 1. The van der Waals surface area contributed by atoms with Crippen LogP contribution in [-0.2, 0) is 23.4 Å². The Morgan fingerprint density at radius 2 is 2.02 bits per heavy atom. The summed E-state index contributed by atoms with van der Waals surface area (Å²) in [7, 11) is -4.04. The lowest BCUT2D eigenvalue weighted by Gasteiger charge is -2.22. The molecular weight excluding hydrogens is 571 g/mol. The fourth-order valence-electron chi connectivity index (χ4n) is 4.59. The van der Waals surface area contributed by atoms with Crippen LogP contribution in [0.3, 0.4) is 0 Å². The highest BCUT2D eigenvalue weighted by Gasteiger charge is 2.35. The van der Waals surface area contributed by atoms with E-state index in [4.69, 9.17) is 35.9 Å². The van der Waals surface area contributed by atoms with E-state index in [2.05, 4.69) is 27.0 Å². The second kappa shape index (κ2) is 13.1. The molecule has 3 atom stereocenters. The molecule has 0 bridgehead atoms. The molecule has 1 fully saturated rings. The van der Waals surface area contributed by atoms with Crippen LogP contribution in [0.5, 0.6) is 5.75 Å². The number of halogens is 1. The molecule has 3 N–H and O–H groups in total. The Balaban J connectivity index is 1.28. The predicted molar refractivity (Wildman–Crippen MR) is 155 cm³/mol. The minimum Gasteiger partial charge on any atom is -0.465 e. The van der Waals surface area contributed by atoms with Gasteiger partial charge in [0, 0.05) is 5.39 Å². The van der Waals surface area contributed by atoms with Crippen molar-refractivity contribution in [3.63, 3.8) is 0 Å². The van der Waals surface area contributed by atoms with Crippen molar-refractivity contribution in [3.8, 4) is 5.75 Å². The maximum atomic E-state index is 14.0. The second-order valence-electron chi connectivity index (χ2n) is 9.60. The second-order valence-corrected chi connectivity index (χ2v) is 11.7. The Kier molecular flexibility index (Phi) is 9.36. The first-order valence-electron chi connectivity index (χ1n) is 13.5. The van der Waals surface area contributed by atoms with Gasteiger partial charge < -0.3 is 19.7 Å². The molecule has 0 radical (unpaired) electrons. The standard InChI is InChI=1S/C27H32ClN6O6P/c1-2-3-6-14-37-23(35)15-32-41(36,40-21-11-7-9-18-8-4-5-10-20(18)21)38-16-19-12-13-22(39-19)34-26-24(33-27(34)28)25(29)30-17-31-26/h4-5,7-11,17,19,22H,2-3,6,12-16H2,1H3,(H,32,36)(H2,29,30,31)/t19-,22+,41?/m0/s1. The van der Waals surface area contributed by atoms with E-state index in [1.807, 2.05) is 30.3 Å². The van der Waals surface area contributed by atoms with Crippen LogP contribution in [-0.4, -0.2) is 51.4 Å². The van der Waals surface area contributed by atoms with Crippen molar-refractivity contribution >= 4 is 53.1 Å². The molecule has 4 aromatic rings. The van der Waals surface area contributed by atoms with Crippen LogP contribution in [0.2, 0.25) is 5.28 Å². The van der Waals surface area contributed by atoms with Gasteiger partial charge in [-0.1, -0.05) is 56.2 Å². The molecule has 5 rings (SSSR count). The first kappa shape index (κ1) is 29.2. The molecule has 0 amide bonds. The lowest BCUT2D eigenvalue weighted by Crippen LogP contribution is -2.27. The number of ether oxygens (including phenoxy) is 2. The quantitative estimate of drug-likeness (QED) is 0.0872. The summed E-state index contributed by atoms with van der Waals surface area (Å²) in [6.45, 7) is 1.94. The predicted octanol–water partition coefficient (Wildman–Crippen LogP) is 5.42. The maximum absolute atomic E-state index is 14.0. The van der Waals surface area contributed by atoms with Gasteiger partial charge in [-0.25, -0.2) is 24.6 Å². The van der Waals surface area contributed by atoms with Crippen LogP contribution >= 0.6 is 19.3 Å². The number of fused-ring (bicyclic) bond motifs is 2. The van der Waals surface area contributed by atoms with Crippen molar-refractivity contribution in [2.45, 2.75) is 51.4 Å². The number of nitrogens with one attached hydrogen (secondary N) is 1. The lowest BCUT2D eigenvalue weighted by atomic mass is 10.1. The highest BCUT2D eigenvalue weighted by Crippen LogP contribution is 2.47. The summed E-state index contributed by atoms with van der Waals surface area (Å²) in [6.07, 6.45) is 4.28. The number of hydrogen-bond donors (Lipinski definition) is 2.